The van der Waals surface area contributed by atoms with E-state index in [9.17, 15) is 0 Å². The molecule has 1 atom stereocenters. The van der Waals surface area contributed by atoms with E-state index in [0.29, 0.717) is 12.5 Å². The number of likely N-dealkylation sites (tertiary alicyclic amines) is 1. The molecule has 0 radical (unpaired) electrons. The first kappa shape index (κ1) is 21.0. The normalized spacial score (nSPS) is 19.0. The van der Waals surface area contributed by atoms with Gasteiger partial charge in [-0.1, -0.05) is 13.8 Å². The number of anilines is 1. The van der Waals surface area contributed by atoms with Crippen LogP contribution < -0.4 is 15.5 Å². The fourth-order valence-corrected chi connectivity index (χ4v) is 4.07. The molecule has 0 aliphatic carbocycles. The summed E-state index contributed by atoms with van der Waals surface area (Å²) in [4.78, 5) is 14.0. The second kappa shape index (κ2) is 10.7. The highest BCUT2D eigenvalue weighted by molar-refractivity contribution is 7.13. The van der Waals surface area contributed by atoms with E-state index >= 15 is 0 Å². The largest absolute Gasteiger partial charge is 0.357 e. The van der Waals surface area contributed by atoms with E-state index in [2.05, 4.69) is 46.7 Å². The Morgan fingerprint density at radius 3 is 2.88 bits per heavy atom. The lowest BCUT2D eigenvalue weighted by Gasteiger charge is -2.34. The number of guanidine groups is 1. The minimum absolute atomic E-state index is 0.615. The van der Waals surface area contributed by atoms with Gasteiger partial charge in [-0.05, 0) is 38.1 Å². The van der Waals surface area contributed by atoms with Crippen LogP contribution in [0.2, 0.25) is 0 Å². The number of nitrogens with zero attached hydrogens (tertiary/aromatic N) is 4. The highest BCUT2D eigenvalue weighted by atomic mass is 32.1. The average molecular weight is 381 g/mol. The van der Waals surface area contributed by atoms with Gasteiger partial charge in [-0.15, -0.1) is 11.3 Å². The number of rotatable bonds is 8. The standard InChI is InChI=1S/C19H36N6S/c1-6-20-18(22-11-17-14-26-19(23-17)24(4)5)21-10-16-8-7-9-25(13-16)12-15(2)3/h14-16H,6-13H2,1-5H3,(H2,20,21,22). The van der Waals surface area contributed by atoms with Crippen molar-refractivity contribution in [1.29, 1.82) is 0 Å². The highest BCUT2D eigenvalue weighted by Gasteiger charge is 2.20. The minimum atomic E-state index is 0.615. The molecule has 1 fully saturated rings. The van der Waals surface area contributed by atoms with Crippen molar-refractivity contribution in [3.05, 3.63) is 11.1 Å². The second-order valence-electron chi connectivity index (χ2n) is 7.75. The minimum Gasteiger partial charge on any atom is -0.357 e. The second-order valence-corrected chi connectivity index (χ2v) is 8.59. The van der Waals surface area contributed by atoms with Crippen molar-refractivity contribution in [3.8, 4) is 0 Å². The summed E-state index contributed by atoms with van der Waals surface area (Å²) in [6.07, 6.45) is 2.61. The van der Waals surface area contributed by atoms with Crippen molar-refractivity contribution >= 4 is 22.4 Å². The summed E-state index contributed by atoms with van der Waals surface area (Å²) in [5.41, 5.74) is 1.02. The van der Waals surface area contributed by atoms with Crippen molar-refractivity contribution < 1.29 is 0 Å². The molecule has 1 unspecified atom stereocenters. The molecule has 7 heteroatoms. The van der Waals surface area contributed by atoms with E-state index in [4.69, 9.17) is 4.99 Å². The van der Waals surface area contributed by atoms with E-state index in [-0.39, 0.29) is 0 Å². The third-order valence-corrected chi connectivity index (χ3v) is 5.51. The zero-order chi connectivity index (χ0) is 18.9. The van der Waals surface area contributed by atoms with Crippen LogP contribution in [0.1, 0.15) is 39.3 Å². The Balaban J connectivity index is 1.84. The molecular weight excluding hydrogens is 344 g/mol. The predicted octanol–water partition coefficient (Wildman–Crippen LogP) is 2.63. The summed E-state index contributed by atoms with van der Waals surface area (Å²) >= 11 is 1.66. The molecule has 2 N–H and O–H groups in total. The Labute approximate surface area is 163 Å². The van der Waals surface area contributed by atoms with E-state index in [1.165, 1.54) is 32.5 Å². The van der Waals surface area contributed by atoms with Crippen LogP contribution in [0, 0.1) is 11.8 Å². The van der Waals surface area contributed by atoms with E-state index < -0.39 is 0 Å². The van der Waals surface area contributed by atoms with Gasteiger partial charge in [0, 0.05) is 45.7 Å². The quantitative estimate of drug-likeness (QED) is 0.536. The number of hydrogen-bond donors (Lipinski definition) is 2. The lowest BCUT2D eigenvalue weighted by molar-refractivity contribution is 0.159. The SMILES string of the molecule is CCNC(=NCc1csc(N(C)C)n1)NCC1CCCN(CC(C)C)C1. The third-order valence-electron chi connectivity index (χ3n) is 4.45. The molecule has 2 rings (SSSR count). The summed E-state index contributed by atoms with van der Waals surface area (Å²) in [6.45, 7) is 12.8. The Hall–Kier alpha value is -1.34. The first-order valence-corrected chi connectivity index (χ1v) is 10.7. The molecule has 0 saturated carbocycles. The molecule has 1 aliphatic heterocycles. The van der Waals surface area contributed by atoms with Gasteiger partial charge in [0.05, 0.1) is 12.2 Å². The van der Waals surface area contributed by atoms with Crippen molar-refractivity contribution in [3.63, 3.8) is 0 Å². The van der Waals surface area contributed by atoms with Crippen molar-refractivity contribution in [1.82, 2.24) is 20.5 Å². The topological polar surface area (TPSA) is 55.8 Å². The van der Waals surface area contributed by atoms with E-state index in [1.807, 2.05) is 19.0 Å². The van der Waals surface area contributed by atoms with E-state index in [0.717, 1.165) is 35.8 Å². The number of thiazole rings is 1. The summed E-state index contributed by atoms with van der Waals surface area (Å²) in [5, 5.41) is 10.0. The van der Waals surface area contributed by atoms with Crippen molar-refractivity contribution in [2.75, 3.05) is 51.7 Å². The molecule has 26 heavy (non-hydrogen) atoms. The Kier molecular flexibility index (Phi) is 8.65. The lowest BCUT2D eigenvalue weighted by Crippen LogP contribution is -2.45. The molecule has 1 aliphatic rings. The van der Waals surface area contributed by atoms with Crippen LogP contribution in [-0.2, 0) is 6.54 Å². The molecule has 0 amide bonds. The van der Waals surface area contributed by atoms with Crippen LogP contribution >= 0.6 is 11.3 Å². The van der Waals surface area contributed by atoms with Gasteiger partial charge < -0.3 is 20.4 Å². The van der Waals surface area contributed by atoms with Gasteiger partial charge in [0.1, 0.15) is 0 Å². The van der Waals surface area contributed by atoms with Crippen LogP contribution in [0.4, 0.5) is 5.13 Å². The Bertz CT molecular complexity index is 554. The molecule has 0 bridgehead atoms. The summed E-state index contributed by atoms with van der Waals surface area (Å²) < 4.78 is 0. The first-order valence-electron chi connectivity index (χ1n) is 9.84. The van der Waals surface area contributed by atoms with E-state index in [1.54, 1.807) is 11.3 Å². The number of aromatic nitrogens is 1. The highest BCUT2D eigenvalue weighted by Crippen LogP contribution is 2.18. The molecule has 148 valence electrons. The van der Waals surface area contributed by atoms with Gasteiger partial charge in [0.2, 0.25) is 0 Å². The zero-order valence-electron chi connectivity index (χ0n) is 17.1. The fourth-order valence-electron chi connectivity index (χ4n) is 3.32. The van der Waals surface area contributed by atoms with Gasteiger partial charge in [0.25, 0.3) is 0 Å². The summed E-state index contributed by atoms with van der Waals surface area (Å²) in [6, 6.07) is 0. The molecule has 2 heterocycles. The first-order chi connectivity index (χ1) is 12.5. The van der Waals surface area contributed by atoms with Crippen molar-refractivity contribution in [2.24, 2.45) is 16.8 Å². The number of nitrogens with one attached hydrogen (secondary N) is 2. The third kappa shape index (κ3) is 7.11. The molecule has 1 aromatic heterocycles. The lowest BCUT2D eigenvalue weighted by atomic mass is 9.97. The molecule has 1 aromatic rings. The van der Waals surface area contributed by atoms with Crippen LogP contribution in [0.3, 0.4) is 0 Å². The number of hydrogen-bond acceptors (Lipinski definition) is 5. The van der Waals surface area contributed by atoms with Crippen LogP contribution in [0.25, 0.3) is 0 Å². The maximum absolute atomic E-state index is 4.71. The smallest absolute Gasteiger partial charge is 0.191 e. The van der Waals surface area contributed by atoms with Gasteiger partial charge in [0.15, 0.2) is 11.1 Å². The fraction of sp³-hybridized carbons (Fsp3) is 0.789. The number of aliphatic imine (C=N–C) groups is 1. The number of piperidine rings is 1. The van der Waals surface area contributed by atoms with Crippen LogP contribution in [0.15, 0.2) is 10.4 Å². The molecule has 1 saturated heterocycles. The molecule has 6 nitrogen and oxygen atoms in total. The molecular formula is C19H36N6S. The maximum Gasteiger partial charge on any atom is 0.191 e. The molecule has 0 spiro atoms. The van der Waals surface area contributed by atoms with Crippen LogP contribution in [-0.4, -0.2) is 62.7 Å². The van der Waals surface area contributed by atoms with Crippen molar-refractivity contribution in [2.45, 2.75) is 40.2 Å². The summed E-state index contributed by atoms with van der Waals surface area (Å²) in [5.74, 6) is 2.34. The zero-order valence-corrected chi connectivity index (χ0v) is 17.9. The average Bonchev–Trinajstić information content (AvgIpc) is 3.06. The Morgan fingerprint density at radius 1 is 1.42 bits per heavy atom. The predicted molar refractivity (Wildman–Crippen MR) is 113 cm³/mol. The maximum atomic E-state index is 4.71. The molecule has 0 aromatic carbocycles. The van der Waals surface area contributed by atoms with Gasteiger partial charge in [-0.3, -0.25) is 0 Å². The summed E-state index contributed by atoms with van der Waals surface area (Å²) in [7, 11) is 4.04. The Morgan fingerprint density at radius 2 is 2.23 bits per heavy atom. The van der Waals surface area contributed by atoms with Gasteiger partial charge in [-0.25, -0.2) is 9.98 Å². The van der Waals surface area contributed by atoms with Gasteiger partial charge >= 0.3 is 0 Å². The monoisotopic (exact) mass is 380 g/mol. The van der Waals surface area contributed by atoms with Crippen LogP contribution in [0.5, 0.6) is 0 Å². The van der Waals surface area contributed by atoms with Gasteiger partial charge in [-0.2, -0.15) is 0 Å².